The SMILES string of the molecule is Cc1ccc(NC(=O)N2CCCCCCNC(=O)C3CC(C(=O)NCc4cccc(F)c4)CC32)cc1C. The summed E-state index contributed by atoms with van der Waals surface area (Å²) >= 11 is 0. The van der Waals surface area contributed by atoms with E-state index in [2.05, 4.69) is 16.0 Å². The molecule has 2 aromatic rings. The van der Waals surface area contributed by atoms with Gasteiger partial charge in [0.05, 0.1) is 5.92 Å². The van der Waals surface area contributed by atoms with Gasteiger partial charge in [0, 0.05) is 37.3 Å². The molecular weight excluding hydrogens is 471 g/mol. The summed E-state index contributed by atoms with van der Waals surface area (Å²) in [5.74, 6) is -1.50. The van der Waals surface area contributed by atoms with Crippen LogP contribution >= 0.6 is 0 Å². The van der Waals surface area contributed by atoms with Crippen LogP contribution in [0.3, 0.4) is 0 Å². The molecule has 0 aromatic heterocycles. The summed E-state index contributed by atoms with van der Waals surface area (Å²) in [5.41, 5.74) is 3.62. The fourth-order valence-electron chi connectivity index (χ4n) is 5.37. The van der Waals surface area contributed by atoms with Crippen LogP contribution in [-0.4, -0.2) is 41.9 Å². The van der Waals surface area contributed by atoms with E-state index in [1.807, 2.05) is 32.0 Å². The molecular formula is C29H37FN4O3. The summed E-state index contributed by atoms with van der Waals surface area (Å²) in [5, 5.41) is 8.95. The summed E-state index contributed by atoms with van der Waals surface area (Å²) in [6.45, 7) is 5.38. The molecule has 3 N–H and O–H groups in total. The molecule has 198 valence electrons. The molecule has 1 aliphatic carbocycles. The van der Waals surface area contributed by atoms with Crippen LogP contribution in [0.1, 0.15) is 55.2 Å². The van der Waals surface area contributed by atoms with Crippen LogP contribution in [0.4, 0.5) is 14.9 Å². The highest BCUT2D eigenvalue weighted by Crippen LogP contribution is 2.36. The quantitative estimate of drug-likeness (QED) is 0.560. The minimum atomic E-state index is -0.464. The Morgan fingerprint density at radius 3 is 2.62 bits per heavy atom. The maximum absolute atomic E-state index is 13.5. The van der Waals surface area contributed by atoms with E-state index in [-0.39, 0.29) is 36.2 Å². The van der Waals surface area contributed by atoms with Gasteiger partial charge in [-0.15, -0.1) is 0 Å². The average Bonchev–Trinajstić information content (AvgIpc) is 3.30. The second kappa shape index (κ2) is 12.2. The number of hydrogen-bond donors (Lipinski definition) is 3. The van der Waals surface area contributed by atoms with Crippen molar-refractivity contribution in [3.8, 4) is 0 Å². The highest BCUT2D eigenvalue weighted by atomic mass is 19.1. The first-order chi connectivity index (χ1) is 17.8. The lowest BCUT2D eigenvalue weighted by Gasteiger charge is -2.32. The number of benzene rings is 2. The van der Waals surface area contributed by atoms with Gasteiger partial charge in [0.25, 0.3) is 0 Å². The number of anilines is 1. The Morgan fingerprint density at radius 1 is 1.03 bits per heavy atom. The van der Waals surface area contributed by atoms with Gasteiger partial charge in [0.1, 0.15) is 5.82 Å². The van der Waals surface area contributed by atoms with Gasteiger partial charge in [-0.05, 0) is 80.5 Å². The number of hydrogen-bond acceptors (Lipinski definition) is 3. The topological polar surface area (TPSA) is 90.5 Å². The van der Waals surface area contributed by atoms with Crippen molar-refractivity contribution in [1.82, 2.24) is 15.5 Å². The van der Waals surface area contributed by atoms with E-state index in [4.69, 9.17) is 0 Å². The Bertz CT molecular complexity index is 1140. The molecule has 8 heteroatoms. The van der Waals surface area contributed by atoms with E-state index >= 15 is 0 Å². The third-order valence-corrected chi connectivity index (χ3v) is 7.64. The molecule has 2 aliphatic rings. The Hall–Kier alpha value is -3.42. The molecule has 4 rings (SSSR count). The van der Waals surface area contributed by atoms with Crippen molar-refractivity contribution in [2.75, 3.05) is 18.4 Å². The van der Waals surface area contributed by atoms with Crippen LogP contribution in [0, 0.1) is 31.5 Å². The number of nitrogens with zero attached hydrogens (tertiary/aromatic N) is 1. The van der Waals surface area contributed by atoms with Crippen LogP contribution in [0.2, 0.25) is 0 Å². The fraction of sp³-hybridized carbons (Fsp3) is 0.483. The number of fused-ring (bicyclic) bond motifs is 1. The first-order valence-electron chi connectivity index (χ1n) is 13.3. The number of amides is 4. The van der Waals surface area contributed by atoms with Gasteiger partial charge in [-0.3, -0.25) is 9.59 Å². The molecule has 2 aromatic carbocycles. The van der Waals surface area contributed by atoms with E-state index in [0.29, 0.717) is 37.2 Å². The highest BCUT2D eigenvalue weighted by molar-refractivity contribution is 5.91. The monoisotopic (exact) mass is 508 g/mol. The molecule has 1 saturated carbocycles. The molecule has 0 bridgehead atoms. The zero-order chi connectivity index (χ0) is 26.4. The number of aryl methyl sites for hydroxylation is 2. The summed E-state index contributed by atoms with van der Waals surface area (Å²) in [4.78, 5) is 41.6. The normalized spacial score (nSPS) is 22.4. The minimum absolute atomic E-state index is 0.101. The van der Waals surface area contributed by atoms with Gasteiger partial charge in [-0.2, -0.15) is 0 Å². The molecule has 1 aliphatic heterocycles. The summed E-state index contributed by atoms with van der Waals surface area (Å²) < 4.78 is 13.5. The van der Waals surface area contributed by atoms with Crippen molar-refractivity contribution in [3.05, 3.63) is 65.0 Å². The van der Waals surface area contributed by atoms with E-state index < -0.39 is 11.8 Å². The average molecular weight is 509 g/mol. The molecule has 1 heterocycles. The maximum atomic E-state index is 13.5. The lowest BCUT2D eigenvalue weighted by atomic mass is 10.0. The van der Waals surface area contributed by atoms with E-state index in [0.717, 1.165) is 36.8 Å². The molecule has 37 heavy (non-hydrogen) atoms. The van der Waals surface area contributed by atoms with Crippen molar-refractivity contribution in [2.24, 2.45) is 11.8 Å². The van der Waals surface area contributed by atoms with Crippen molar-refractivity contribution in [1.29, 1.82) is 0 Å². The van der Waals surface area contributed by atoms with E-state index in [1.54, 1.807) is 17.0 Å². The maximum Gasteiger partial charge on any atom is 0.322 e. The molecule has 2 fully saturated rings. The number of carbonyl (C=O) groups is 3. The first-order valence-corrected chi connectivity index (χ1v) is 13.3. The number of nitrogens with one attached hydrogen (secondary N) is 3. The van der Waals surface area contributed by atoms with E-state index in [1.165, 1.54) is 12.1 Å². The molecule has 0 radical (unpaired) electrons. The smallest absolute Gasteiger partial charge is 0.322 e. The third-order valence-electron chi connectivity index (χ3n) is 7.64. The zero-order valence-corrected chi connectivity index (χ0v) is 21.7. The molecule has 0 spiro atoms. The summed E-state index contributed by atoms with van der Waals surface area (Å²) in [6, 6.07) is 11.3. The van der Waals surface area contributed by atoms with Crippen molar-refractivity contribution >= 4 is 23.5 Å². The van der Waals surface area contributed by atoms with Gasteiger partial charge < -0.3 is 20.9 Å². The van der Waals surface area contributed by atoms with Gasteiger partial charge in [-0.25, -0.2) is 9.18 Å². The van der Waals surface area contributed by atoms with Gasteiger partial charge in [0.2, 0.25) is 11.8 Å². The number of halogens is 1. The third kappa shape index (κ3) is 6.87. The van der Waals surface area contributed by atoms with Crippen LogP contribution in [0.5, 0.6) is 0 Å². The number of urea groups is 1. The van der Waals surface area contributed by atoms with E-state index in [9.17, 15) is 18.8 Å². The molecule has 3 unspecified atom stereocenters. The predicted molar refractivity (Wildman–Crippen MR) is 141 cm³/mol. The first kappa shape index (κ1) is 26.6. The molecule has 3 atom stereocenters. The number of rotatable bonds is 4. The Labute approximate surface area is 218 Å². The number of carbonyl (C=O) groups excluding carboxylic acids is 3. The summed E-state index contributed by atoms with van der Waals surface area (Å²) in [6.07, 6.45) is 4.49. The van der Waals surface area contributed by atoms with Crippen molar-refractivity contribution < 1.29 is 18.8 Å². The second-order valence-electron chi connectivity index (χ2n) is 10.3. The van der Waals surface area contributed by atoms with Gasteiger partial charge >= 0.3 is 6.03 Å². The largest absolute Gasteiger partial charge is 0.356 e. The van der Waals surface area contributed by atoms with Crippen LogP contribution in [0.15, 0.2) is 42.5 Å². The Morgan fingerprint density at radius 2 is 1.84 bits per heavy atom. The van der Waals surface area contributed by atoms with Crippen molar-refractivity contribution in [3.63, 3.8) is 0 Å². The second-order valence-corrected chi connectivity index (χ2v) is 10.3. The standard InChI is InChI=1S/C29H37FN4O3/c1-19-10-11-24(14-20(19)2)33-29(37)34-13-6-4-3-5-12-31-28(36)25-16-22(17-26(25)34)27(35)32-18-21-8-7-9-23(30)15-21/h7-11,14-15,22,25-26H,3-6,12-13,16-18H2,1-2H3,(H,31,36)(H,32,35)(H,33,37). The highest BCUT2D eigenvalue weighted by Gasteiger charge is 2.45. The Balaban J connectivity index is 1.51. The zero-order valence-electron chi connectivity index (χ0n) is 21.7. The van der Waals surface area contributed by atoms with Crippen LogP contribution in [0.25, 0.3) is 0 Å². The summed E-state index contributed by atoms with van der Waals surface area (Å²) in [7, 11) is 0. The molecule has 1 saturated heterocycles. The lowest BCUT2D eigenvalue weighted by molar-refractivity contribution is -0.126. The molecule has 7 nitrogen and oxygen atoms in total. The van der Waals surface area contributed by atoms with Crippen LogP contribution < -0.4 is 16.0 Å². The predicted octanol–water partition coefficient (Wildman–Crippen LogP) is 4.68. The Kier molecular flexibility index (Phi) is 8.79. The fourth-order valence-corrected chi connectivity index (χ4v) is 5.37. The van der Waals surface area contributed by atoms with Crippen molar-refractivity contribution in [2.45, 2.75) is 65.0 Å². The van der Waals surface area contributed by atoms with Gasteiger partial charge in [0.15, 0.2) is 0 Å². The van der Waals surface area contributed by atoms with Crippen LogP contribution in [-0.2, 0) is 16.1 Å². The minimum Gasteiger partial charge on any atom is -0.356 e. The van der Waals surface area contributed by atoms with Gasteiger partial charge in [-0.1, -0.05) is 31.0 Å². The molecule has 4 amide bonds. The lowest BCUT2D eigenvalue weighted by Crippen LogP contribution is -2.48.